The third kappa shape index (κ3) is 4.97. The first kappa shape index (κ1) is 14.2. The number of carbonyl (C=O) groups is 2. The van der Waals surface area contributed by atoms with Gasteiger partial charge >= 0.3 is 5.97 Å². The fourth-order valence-corrected chi connectivity index (χ4v) is 1.59. The number of aliphatic hydroxyl groups excluding tert-OH is 1. The Bertz CT molecular complexity index is 391. The van der Waals surface area contributed by atoms with Crippen LogP contribution in [0.25, 0.3) is 0 Å². The number of carbonyl (C=O) groups excluding carboxylic acids is 1. The lowest BCUT2D eigenvalue weighted by molar-refractivity contribution is -0.137. The van der Waals surface area contributed by atoms with E-state index < -0.39 is 12.0 Å². The predicted molar refractivity (Wildman–Crippen MR) is 65.9 cm³/mol. The number of aliphatic hydroxyl groups is 1. The van der Waals surface area contributed by atoms with Crippen LogP contribution in [0, 0.1) is 0 Å². The summed E-state index contributed by atoms with van der Waals surface area (Å²) >= 11 is 0. The molecule has 18 heavy (non-hydrogen) atoms. The molecule has 0 spiro atoms. The van der Waals surface area contributed by atoms with Crippen LogP contribution in [0.15, 0.2) is 30.3 Å². The van der Waals surface area contributed by atoms with E-state index in [4.69, 9.17) is 5.11 Å². The molecule has 0 radical (unpaired) electrons. The molecular formula is C13H17NO4. The van der Waals surface area contributed by atoms with Gasteiger partial charge in [-0.1, -0.05) is 30.3 Å². The third-order valence-corrected chi connectivity index (χ3v) is 2.51. The molecule has 1 aromatic carbocycles. The number of carboxylic acid groups (broad SMARTS) is 1. The Morgan fingerprint density at radius 1 is 1.17 bits per heavy atom. The van der Waals surface area contributed by atoms with Crippen molar-refractivity contribution in [3.63, 3.8) is 0 Å². The number of carboxylic acids is 1. The highest BCUT2D eigenvalue weighted by molar-refractivity contribution is 5.77. The fourth-order valence-electron chi connectivity index (χ4n) is 1.59. The van der Waals surface area contributed by atoms with Crippen LogP contribution in [0.4, 0.5) is 0 Å². The van der Waals surface area contributed by atoms with E-state index in [1.165, 1.54) is 0 Å². The van der Waals surface area contributed by atoms with Crippen molar-refractivity contribution in [2.75, 3.05) is 6.61 Å². The monoisotopic (exact) mass is 251 g/mol. The zero-order valence-corrected chi connectivity index (χ0v) is 10.0. The predicted octanol–water partition coefficient (Wildman–Crippen LogP) is 1.09. The Morgan fingerprint density at radius 2 is 1.83 bits per heavy atom. The molecule has 0 aromatic heterocycles. The highest BCUT2D eigenvalue weighted by Gasteiger charge is 2.13. The molecule has 0 aliphatic rings. The number of aliphatic carboxylic acids is 1. The molecule has 1 unspecified atom stereocenters. The normalized spacial score (nSPS) is 11.8. The van der Waals surface area contributed by atoms with Crippen molar-refractivity contribution in [2.24, 2.45) is 0 Å². The second-order valence-corrected chi connectivity index (χ2v) is 3.96. The Hall–Kier alpha value is -1.88. The van der Waals surface area contributed by atoms with Crippen LogP contribution in [0.3, 0.4) is 0 Å². The highest BCUT2D eigenvalue weighted by Crippen LogP contribution is 2.12. The van der Waals surface area contributed by atoms with Gasteiger partial charge in [0, 0.05) is 12.8 Å². The van der Waals surface area contributed by atoms with Gasteiger partial charge < -0.3 is 15.5 Å². The van der Waals surface area contributed by atoms with E-state index in [0.717, 1.165) is 5.56 Å². The van der Waals surface area contributed by atoms with Crippen LogP contribution in [0.2, 0.25) is 0 Å². The van der Waals surface area contributed by atoms with Crippen LogP contribution in [0.1, 0.15) is 30.9 Å². The lowest BCUT2D eigenvalue weighted by Crippen LogP contribution is -2.30. The number of benzene rings is 1. The summed E-state index contributed by atoms with van der Waals surface area (Å²) in [7, 11) is 0. The Morgan fingerprint density at radius 3 is 2.39 bits per heavy atom. The number of rotatable bonds is 7. The summed E-state index contributed by atoms with van der Waals surface area (Å²) in [4.78, 5) is 21.9. The minimum absolute atomic E-state index is 0.0252. The molecule has 1 atom stereocenters. The second-order valence-electron chi connectivity index (χ2n) is 3.96. The van der Waals surface area contributed by atoms with Crippen molar-refractivity contribution in [1.29, 1.82) is 0 Å². The Balaban J connectivity index is 2.44. The van der Waals surface area contributed by atoms with Gasteiger partial charge in [-0.25, -0.2) is 0 Å². The van der Waals surface area contributed by atoms with Gasteiger partial charge in [-0.15, -0.1) is 0 Å². The molecule has 3 N–H and O–H groups in total. The smallest absolute Gasteiger partial charge is 0.303 e. The largest absolute Gasteiger partial charge is 0.481 e. The SMILES string of the molecule is O=C(O)CCCC(=O)NC(CO)c1ccccc1. The number of nitrogens with one attached hydrogen (secondary N) is 1. The van der Waals surface area contributed by atoms with Gasteiger partial charge in [0.05, 0.1) is 12.6 Å². The van der Waals surface area contributed by atoms with E-state index in [0.29, 0.717) is 6.42 Å². The molecule has 1 aromatic rings. The Labute approximate surface area is 105 Å². The summed E-state index contributed by atoms with van der Waals surface area (Å²) in [5, 5.41) is 20.4. The molecule has 1 amide bonds. The number of hydrogen-bond acceptors (Lipinski definition) is 3. The average Bonchev–Trinajstić information content (AvgIpc) is 2.36. The second kappa shape index (κ2) is 7.45. The molecule has 0 fully saturated rings. The molecule has 5 nitrogen and oxygen atoms in total. The van der Waals surface area contributed by atoms with Gasteiger partial charge in [-0.3, -0.25) is 9.59 Å². The molecule has 0 saturated heterocycles. The summed E-state index contributed by atoms with van der Waals surface area (Å²) in [6.07, 6.45) is 0.423. The van der Waals surface area contributed by atoms with Crippen LogP contribution in [-0.4, -0.2) is 28.7 Å². The number of amides is 1. The van der Waals surface area contributed by atoms with Gasteiger partial charge in [0.1, 0.15) is 0 Å². The van der Waals surface area contributed by atoms with E-state index in [2.05, 4.69) is 5.32 Å². The van der Waals surface area contributed by atoms with Gasteiger partial charge in [-0.05, 0) is 12.0 Å². The Kier molecular flexibility index (Phi) is 5.87. The molecule has 5 heteroatoms. The lowest BCUT2D eigenvalue weighted by Gasteiger charge is -2.16. The first-order chi connectivity index (χ1) is 8.63. The molecule has 0 heterocycles. The maximum absolute atomic E-state index is 11.6. The molecule has 0 saturated carbocycles. The first-order valence-electron chi connectivity index (χ1n) is 5.80. The highest BCUT2D eigenvalue weighted by atomic mass is 16.4. The van der Waals surface area contributed by atoms with Crippen LogP contribution >= 0.6 is 0 Å². The maximum Gasteiger partial charge on any atom is 0.303 e. The minimum Gasteiger partial charge on any atom is -0.481 e. The summed E-state index contributed by atoms with van der Waals surface area (Å²) in [6, 6.07) is 8.70. The molecular weight excluding hydrogens is 234 g/mol. The van der Waals surface area contributed by atoms with Crippen LogP contribution in [-0.2, 0) is 9.59 Å². The topological polar surface area (TPSA) is 86.6 Å². The fraction of sp³-hybridized carbons (Fsp3) is 0.385. The van der Waals surface area contributed by atoms with Gasteiger partial charge in [0.2, 0.25) is 5.91 Å². The summed E-state index contributed by atoms with van der Waals surface area (Å²) < 4.78 is 0. The van der Waals surface area contributed by atoms with E-state index in [9.17, 15) is 14.7 Å². The van der Waals surface area contributed by atoms with Gasteiger partial charge in [0.15, 0.2) is 0 Å². The summed E-state index contributed by atoms with van der Waals surface area (Å²) in [6.45, 7) is -0.186. The standard InChI is InChI=1S/C13H17NO4/c15-9-11(10-5-2-1-3-6-10)14-12(16)7-4-8-13(17)18/h1-3,5-6,11,15H,4,7-9H2,(H,14,16)(H,17,18). The summed E-state index contributed by atoms with van der Waals surface area (Å²) in [5.41, 5.74) is 0.826. The quantitative estimate of drug-likeness (QED) is 0.677. The first-order valence-corrected chi connectivity index (χ1v) is 5.80. The average molecular weight is 251 g/mol. The van der Waals surface area contributed by atoms with Crippen LogP contribution in [0.5, 0.6) is 0 Å². The molecule has 0 aliphatic heterocycles. The minimum atomic E-state index is -0.912. The van der Waals surface area contributed by atoms with Crippen molar-refractivity contribution in [3.8, 4) is 0 Å². The van der Waals surface area contributed by atoms with E-state index in [1.54, 1.807) is 0 Å². The van der Waals surface area contributed by atoms with E-state index >= 15 is 0 Å². The third-order valence-electron chi connectivity index (χ3n) is 2.51. The van der Waals surface area contributed by atoms with Crippen molar-refractivity contribution in [3.05, 3.63) is 35.9 Å². The van der Waals surface area contributed by atoms with Crippen molar-refractivity contribution < 1.29 is 19.8 Å². The van der Waals surface area contributed by atoms with Crippen molar-refractivity contribution in [1.82, 2.24) is 5.32 Å². The zero-order valence-electron chi connectivity index (χ0n) is 10.0. The zero-order chi connectivity index (χ0) is 13.4. The van der Waals surface area contributed by atoms with Crippen molar-refractivity contribution in [2.45, 2.75) is 25.3 Å². The van der Waals surface area contributed by atoms with Crippen molar-refractivity contribution >= 4 is 11.9 Å². The molecule has 0 aliphatic carbocycles. The van der Waals surface area contributed by atoms with Gasteiger partial charge in [0.25, 0.3) is 0 Å². The molecule has 0 bridgehead atoms. The van der Waals surface area contributed by atoms with Crippen LogP contribution < -0.4 is 5.32 Å². The number of hydrogen-bond donors (Lipinski definition) is 3. The molecule has 1 rings (SSSR count). The maximum atomic E-state index is 11.6. The molecule has 98 valence electrons. The van der Waals surface area contributed by atoms with E-state index in [-0.39, 0.29) is 25.4 Å². The van der Waals surface area contributed by atoms with E-state index in [1.807, 2.05) is 30.3 Å². The van der Waals surface area contributed by atoms with Gasteiger partial charge in [-0.2, -0.15) is 0 Å². The summed E-state index contributed by atoms with van der Waals surface area (Å²) in [5.74, 6) is -1.16. The lowest BCUT2D eigenvalue weighted by atomic mass is 10.1.